The van der Waals surface area contributed by atoms with Gasteiger partial charge in [0.2, 0.25) is 5.91 Å². The minimum atomic E-state index is -3.20. The Morgan fingerprint density at radius 1 is 1.24 bits per heavy atom. The molecule has 1 aromatic carbocycles. The predicted molar refractivity (Wildman–Crippen MR) is 106 cm³/mol. The average molecular weight is 421 g/mol. The van der Waals surface area contributed by atoms with Gasteiger partial charge in [0.05, 0.1) is 17.5 Å². The number of hydrogen-bond acceptors (Lipinski definition) is 7. The zero-order valence-corrected chi connectivity index (χ0v) is 17.1. The van der Waals surface area contributed by atoms with Gasteiger partial charge in [-0.1, -0.05) is 18.2 Å². The highest BCUT2D eigenvalue weighted by Crippen LogP contribution is 2.22. The van der Waals surface area contributed by atoms with Crippen LogP contribution in [0.1, 0.15) is 30.4 Å². The lowest BCUT2D eigenvalue weighted by Crippen LogP contribution is -2.42. The number of anilines is 1. The number of carbonyl (C=O) groups excluding carboxylic acids is 3. The van der Waals surface area contributed by atoms with Crippen molar-refractivity contribution >= 4 is 39.0 Å². The van der Waals surface area contributed by atoms with Crippen LogP contribution in [-0.4, -0.2) is 61.1 Å². The van der Waals surface area contributed by atoms with Gasteiger partial charge < -0.3 is 10.1 Å². The molecule has 3 rings (SSSR count). The van der Waals surface area contributed by atoms with Gasteiger partial charge in [0.1, 0.15) is 5.71 Å². The van der Waals surface area contributed by atoms with Crippen molar-refractivity contribution in [2.24, 2.45) is 5.10 Å². The summed E-state index contributed by atoms with van der Waals surface area (Å²) in [6, 6.07) is 5.04. The number of benzene rings is 1. The lowest BCUT2D eigenvalue weighted by atomic mass is 10.1. The summed E-state index contributed by atoms with van der Waals surface area (Å²) in [5.74, 6) is -1.77. The highest BCUT2D eigenvalue weighted by molar-refractivity contribution is 7.91. The van der Waals surface area contributed by atoms with Crippen molar-refractivity contribution in [3.63, 3.8) is 0 Å². The number of nitrogens with one attached hydrogen (secondary N) is 1. The number of hydrazone groups is 1. The molecule has 0 spiro atoms. The Bertz CT molecular complexity index is 965. The second kappa shape index (κ2) is 8.32. The van der Waals surface area contributed by atoms with E-state index in [-0.39, 0.29) is 42.4 Å². The van der Waals surface area contributed by atoms with Crippen molar-refractivity contribution in [2.75, 3.05) is 23.4 Å². The summed E-state index contributed by atoms with van der Waals surface area (Å²) in [5, 5.41) is 7.83. The van der Waals surface area contributed by atoms with Crippen molar-refractivity contribution in [1.29, 1.82) is 0 Å². The van der Waals surface area contributed by atoms with Crippen LogP contribution in [0.3, 0.4) is 0 Å². The van der Waals surface area contributed by atoms with Crippen molar-refractivity contribution in [3.8, 4) is 0 Å². The van der Waals surface area contributed by atoms with Crippen LogP contribution in [0.25, 0.3) is 0 Å². The fourth-order valence-electron chi connectivity index (χ4n) is 3.37. The van der Waals surface area contributed by atoms with Gasteiger partial charge in [0.15, 0.2) is 16.4 Å². The second-order valence-corrected chi connectivity index (χ2v) is 9.46. The van der Waals surface area contributed by atoms with Gasteiger partial charge >= 0.3 is 5.97 Å². The lowest BCUT2D eigenvalue weighted by molar-refractivity contribution is -0.141. The van der Waals surface area contributed by atoms with Gasteiger partial charge in [0, 0.05) is 18.5 Å². The molecule has 1 N–H and O–H groups in total. The first-order valence-corrected chi connectivity index (χ1v) is 11.1. The van der Waals surface area contributed by atoms with Crippen LogP contribution in [0, 0.1) is 13.8 Å². The molecule has 0 aromatic heterocycles. The van der Waals surface area contributed by atoms with Crippen molar-refractivity contribution in [2.45, 2.75) is 39.2 Å². The largest absolute Gasteiger partial charge is 0.451 e. The van der Waals surface area contributed by atoms with Crippen LogP contribution in [0.15, 0.2) is 23.3 Å². The molecule has 0 saturated carbocycles. The van der Waals surface area contributed by atoms with Gasteiger partial charge in [-0.2, -0.15) is 5.10 Å². The molecule has 10 heteroatoms. The Morgan fingerprint density at radius 3 is 2.55 bits per heavy atom. The summed E-state index contributed by atoms with van der Waals surface area (Å²) in [6.45, 7) is 3.23. The third kappa shape index (κ3) is 5.00. The number of rotatable bonds is 5. The number of aryl methyl sites for hydroxylation is 2. The summed E-state index contributed by atoms with van der Waals surface area (Å²) in [7, 11) is -3.20. The SMILES string of the molecule is Cc1cccc(C)c1NC(=O)COC(=O)C1=NN([C@H]2CCS(=O)(=O)C2)C(=O)CC1. The highest BCUT2D eigenvalue weighted by Gasteiger charge is 2.37. The molecule has 0 unspecified atom stereocenters. The van der Waals surface area contributed by atoms with E-state index in [4.69, 9.17) is 4.74 Å². The monoisotopic (exact) mass is 421 g/mol. The Labute approximate surface area is 169 Å². The Kier molecular flexibility index (Phi) is 6.02. The zero-order valence-electron chi connectivity index (χ0n) is 16.3. The minimum absolute atomic E-state index is 0.00473. The molecule has 1 atom stereocenters. The number of para-hydroxylation sites is 1. The number of amides is 2. The quantitative estimate of drug-likeness (QED) is 0.707. The fourth-order valence-corrected chi connectivity index (χ4v) is 5.07. The molecule has 156 valence electrons. The molecule has 2 heterocycles. The van der Waals surface area contributed by atoms with Crippen LogP contribution in [-0.2, 0) is 29.0 Å². The minimum Gasteiger partial charge on any atom is -0.451 e. The third-order valence-corrected chi connectivity index (χ3v) is 6.68. The van der Waals surface area contributed by atoms with Gasteiger partial charge in [-0.05, 0) is 31.4 Å². The molecular weight excluding hydrogens is 398 g/mol. The molecule has 0 bridgehead atoms. The van der Waals surface area contributed by atoms with E-state index in [0.717, 1.165) is 16.1 Å². The second-order valence-electron chi connectivity index (χ2n) is 7.23. The van der Waals surface area contributed by atoms with Gasteiger partial charge in [0.25, 0.3) is 5.91 Å². The summed E-state index contributed by atoms with van der Waals surface area (Å²) in [4.78, 5) is 36.5. The number of nitrogens with zero attached hydrogens (tertiary/aromatic N) is 2. The molecule has 9 nitrogen and oxygen atoms in total. The molecule has 2 amide bonds. The van der Waals surface area contributed by atoms with E-state index in [0.29, 0.717) is 5.69 Å². The number of carbonyl (C=O) groups is 3. The number of sulfone groups is 1. The zero-order chi connectivity index (χ0) is 21.2. The topological polar surface area (TPSA) is 122 Å². The normalized spacial score (nSPS) is 20.9. The molecule has 2 aliphatic rings. The standard InChI is InChI=1S/C19H23N3O6S/c1-12-4-3-5-13(2)18(12)20-16(23)10-28-19(25)15-6-7-17(24)22(21-15)14-8-9-29(26,27)11-14/h3-5,14H,6-11H2,1-2H3,(H,20,23)/t14-/m0/s1. The summed E-state index contributed by atoms with van der Waals surface area (Å²) in [5.41, 5.74) is 2.46. The number of ether oxygens (including phenoxy) is 1. The molecule has 1 aromatic rings. The summed E-state index contributed by atoms with van der Waals surface area (Å²) in [6.07, 6.45) is 0.420. The molecule has 1 saturated heterocycles. The molecule has 2 aliphatic heterocycles. The van der Waals surface area contributed by atoms with Crippen molar-refractivity contribution in [1.82, 2.24) is 5.01 Å². The maximum atomic E-state index is 12.3. The Morgan fingerprint density at radius 2 is 1.93 bits per heavy atom. The van der Waals surface area contributed by atoms with E-state index in [9.17, 15) is 22.8 Å². The van der Waals surface area contributed by atoms with Crippen LogP contribution >= 0.6 is 0 Å². The fraction of sp³-hybridized carbons (Fsp3) is 0.474. The summed E-state index contributed by atoms with van der Waals surface area (Å²) < 4.78 is 28.4. The summed E-state index contributed by atoms with van der Waals surface area (Å²) >= 11 is 0. The molecule has 1 fully saturated rings. The van der Waals surface area contributed by atoms with Crippen LogP contribution in [0.5, 0.6) is 0 Å². The van der Waals surface area contributed by atoms with Crippen molar-refractivity contribution in [3.05, 3.63) is 29.3 Å². The molecule has 0 aliphatic carbocycles. The first-order chi connectivity index (χ1) is 13.7. The maximum Gasteiger partial charge on any atom is 0.355 e. The highest BCUT2D eigenvalue weighted by atomic mass is 32.2. The number of esters is 1. The van der Waals surface area contributed by atoms with Gasteiger partial charge in [-0.25, -0.2) is 18.2 Å². The average Bonchev–Trinajstić information content (AvgIpc) is 3.03. The Hall–Kier alpha value is -2.75. The van der Waals surface area contributed by atoms with Crippen molar-refractivity contribution < 1.29 is 27.5 Å². The maximum absolute atomic E-state index is 12.3. The first kappa shape index (κ1) is 21.0. The van der Waals surface area contributed by atoms with E-state index in [2.05, 4.69) is 10.4 Å². The van der Waals surface area contributed by atoms with Gasteiger partial charge in [-0.3, -0.25) is 9.59 Å². The predicted octanol–water partition coefficient (Wildman–Crippen LogP) is 0.951. The molecule has 29 heavy (non-hydrogen) atoms. The third-order valence-electron chi connectivity index (χ3n) is 4.93. The number of hydrogen-bond donors (Lipinski definition) is 1. The van der Waals surface area contributed by atoms with Gasteiger partial charge in [-0.15, -0.1) is 0 Å². The molecule has 0 radical (unpaired) electrons. The van der Waals surface area contributed by atoms with E-state index in [1.165, 1.54) is 0 Å². The van der Waals surface area contributed by atoms with E-state index in [1.54, 1.807) is 0 Å². The van der Waals surface area contributed by atoms with E-state index < -0.39 is 34.4 Å². The molecular formula is C19H23N3O6S. The van der Waals surface area contributed by atoms with Crippen LogP contribution < -0.4 is 5.32 Å². The Balaban J connectivity index is 1.60. The first-order valence-electron chi connectivity index (χ1n) is 9.29. The van der Waals surface area contributed by atoms with E-state index in [1.807, 2.05) is 32.0 Å². The van der Waals surface area contributed by atoms with E-state index >= 15 is 0 Å². The van der Waals surface area contributed by atoms with Crippen LogP contribution in [0.2, 0.25) is 0 Å². The lowest BCUT2D eigenvalue weighted by Gasteiger charge is -2.27. The van der Waals surface area contributed by atoms with Crippen LogP contribution in [0.4, 0.5) is 5.69 Å². The smallest absolute Gasteiger partial charge is 0.355 e.